The zero-order chi connectivity index (χ0) is 14.6. The molecule has 0 aliphatic carbocycles. The summed E-state index contributed by atoms with van der Waals surface area (Å²) in [5.74, 6) is 0. The summed E-state index contributed by atoms with van der Waals surface area (Å²) in [6, 6.07) is 5.29. The molecule has 19 heavy (non-hydrogen) atoms. The molecule has 1 rings (SSSR count). The Morgan fingerprint density at radius 2 is 1.84 bits per heavy atom. The minimum Gasteiger partial charge on any atom is -0.388 e. The van der Waals surface area contributed by atoms with E-state index in [1.54, 1.807) is 12.1 Å². The van der Waals surface area contributed by atoms with Crippen LogP contribution >= 0.6 is 23.2 Å². The highest BCUT2D eigenvalue weighted by molar-refractivity contribution is 6.42. The standard InChI is InChI=1S/C15H23Cl2NO/c1-5-18(15(2,3)4)9-8-14(19)11-6-7-12(16)13(17)10-11/h6-7,10,14,19H,5,8-9H2,1-4H3. The van der Waals surface area contributed by atoms with Crippen LogP contribution in [0.4, 0.5) is 0 Å². The lowest BCUT2D eigenvalue weighted by molar-refractivity contribution is 0.0997. The molecule has 0 radical (unpaired) electrons. The van der Waals surface area contributed by atoms with Crippen LogP contribution < -0.4 is 0 Å². The summed E-state index contributed by atoms with van der Waals surface area (Å²) >= 11 is 11.8. The molecule has 1 aromatic carbocycles. The Kier molecular flexibility index (Phi) is 6.13. The second-order valence-corrected chi connectivity index (χ2v) is 6.54. The number of rotatable bonds is 5. The highest BCUT2D eigenvalue weighted by atomic mass is 35.5. The lowest BCUT2D eigenvalue weighted by Crippen LogP contribution is -2.42. The fourth-order valence-corrected chi connectivity index (χ4v) is 2.44. The number of benzene rings is 1. The monoisotopic (exact) mass is 303 g/mol. The lowest BCUT2D eigenvalue weighted by atomic mass is 10.0. The number of halogens is 2. The highest BCUT2D eigenvalue weighted by Gasteiger charge is 2.20. The van der Waals surface area contributed by atoms with Crippen molar-refractivity contribution in [3.63, 3.8) is 0 Å². The van der Waals surface area contributed by atoms with E-state index in [4.69, 9.17) is 23.2 Å². The van der Waals surface area contributed by atoms with E-state index in [0.717, 1.165) is 18.7 Å². The molecule has 1 atom stereocenters. The average Bonchev–Trinajstić information content (AvgIpc) is 2.31. The molecule has 4 heteroatoms. The van der Waals surface area contributed by atoms with E-state index in [2.05, 4.69) is 32.6 Å². The van der Waals surface area contributed by atoms with Crippen molar-refractivity contribution in [3.8, 4) is 0 Å². The maximum absolute atomic E-state index is 10.2. The van der Waals surface area contributed by atoms with E-state index < -0.39 is 6.10 Å². The zero-order valence-electron chi connectivity index (χ0n) is 12.1. The van der Waals surface area contributed by atoms with Gasteiger partial charge in [0.2, 0.25) is 0 Å². The second-order valence-electron chi connectivity index (χ2n) is 5.73. The molecular formula is C15H23Cl2NO. The molecule has 2 nitrogen and oxygen atoms in total. The van der Waals surface area contributed by atoms with E-state index in [0.29, 0.717) is 16.5 Å². The SMILES string of the molecule is CCN(CCC(O)c1ccc(Cl)c(Cl)c1)C(C)(C)C. The summed E-state index contributed by atoms with van der Waals surface area (Å²) in [7, 11) is 0. The van der Waals surface area contributed by atoms with Crippen molar-refractivity contribution >= 4 is 23.2 Å². The first-order valence-corrected chi connectivity index (χ1v) is 7.39. The summed E-state index contributed by atoms with van der Waals surface area (Å²) in [6.45, 7) is 10.5. The molecule has 0 aliphatic heterocycles. The van der Waals surface area contributed by atoms with Crippen LogP contribution in [0.25, 0.3) is 0 Å². The maximum Gasteiger partial charge on any atom is 0.0802 e. The third kappa shape index (κ3) is 4.96. The topological polar surface area (TPSA) is 23.5 Å². The van der Waals surface area contributed by atoms with Gasteiger partial charge in [-0.05, 0) is 51.4 Å². The second kappa shape index (κ2) is 6.94. The molecular weight excluding hydrogens is 281 g/mol. The normalized spacial score (nSPS) is 13.9. The van der Waals surface area contributed by atoms with Gasteiger partial charge in [0.25, 0.3) is 0 Å². The van der Waals surface area contributed by atoms with Crippen LogP contribution in [0.2, 0.25) is 10.0 Å². The van der Waals surface area contributed by atoms with Crippen molar-refractivity contribution in [3.05, 3.63) is 33.8 Å². The fraction of sp³-hybridized carbons (Fsp3) is 0.600. The third-order valence-electron chi connectivity index (χ3n) is 3.33. The van der Waals surface area contributed by atoms with Gasteiger partial charge in [-0.1, -0.05) is 36.2 Å². The van der Waals surface area contributed by atoms with E-state index in [9.17, 15) is 5.11 Å². The Bertz CT molecular complexity index is 415. The van der Waals surface area contributed by atoms with Gasteiger partial charge in [0.1, 0.15) is 0 Å². The van der Waals surface area contributed by atoms with E-state index in [1.807, 2.05) is 6.07 Å². The van der Waals surface area contributed by atoms with Crippen LogP contribution in [0.1, 0.15) is 45.8 Å². The van der Waals surface area contributed by atoms with Gasteiger partial charge in [-0.25, -0.2) is 0 Å². The number of hydrogen-bond donors (Lipinski definition) is 1. The first-order valence-electron chi connectivity index (χ1n) is 6.63. The number of aliphatic hydroxyl groups is 1. The van der Waals surface area contributed by atoms with Crippen LogP contribution in [-0.2, 0) is 0 Å². The summed E-state index contributed by atoms with van der Waals surface area (Å²) in [6.07, 6.45) is 0.175. The molecule has 0 saturated carbocycles. The van der Waals surface area contributed by atoms with Gasteiger partial charge in [0.05, 0.1) is 16.1 Å². The van der Waals surface area contributed by atoms with Crippen molar-refractivity contribution < 1.29 is 5.11 Å². The molecule has 0 amide bonds. The number of nitrogens with zero attached hydrogens (tertiary/aromatic N) is 1. The highest BCUT2D eigenvalue weighted by Crippen LogP contribution is 2.27. The van der Waals surface area contributed by atoms with Crippen LogP contribution in [0, 0.1) is 0 Å². The van der Waals surface area contributed by atoms with Crippen molar-refractivity contribution in [2.24, 2.45) is 0 Å². The smallest absolute Gasteiger partial charge is 0.0802 e. The molecule has 0 aromatic heterocycles. The molecule has 108 valence electrons. The minimum absolute atomic E-state index is 0.117. The van der Waals surface area contributed by atoms with Crippen molar-refractivity contribution in [2.45, 2.75) is 45.8 Å². The molecule has 0 heterocycles. The van der Waals surface area contributed by atoms with Gasteiger partial charge < -0.3 is 5.11 Å². The number of aliphatic hydroxyl groups excluding tert-OH is 1. The van der Waals surface area contributed by atoms with E-state index in [1.165, 1.54) is 0 Å². The van der Waals surface area contributed by atoms with Gasteiger partial charge in [-0.15, -0.1) is 0 Å². The lowest BCUT2D eigenvalue weighted by Gasteiger charge is -2.35. The van der Waals surface area contributed by atoms with Gasteiger partial charge in [0.15, 0.2) is 0 Å². The summed E-state index contributed by atoms with van der Waals surface area (Å²) in [4.78, 5) is 2.34. The quantitative estimate of drug-likeness (QED) is 0.863. The summed E-state index contributed by atoms with van der Waals surface area (Å²) in [5, 5.41) is 11.2. The fourth-order valence-electron chi connectivity index (χ4n) is 2.13. The largest absolute Gasteiger partial charge is 0.388 e. The van der Waals surface area contributed by atoms with Crippen LogP contribution in [-0.4, -0.2) is 28.6 Å². The van der Waals surface area contributed by atoms with Gasteiger partial charge in [0, 0.05) is 12.1 Å². The van der Waals surface area contributed by atoms with Gasteiger partial charge in [-0.3, -0.25) is 4.90 Å². The van der Waals surface area contributed by atoms with Crippen molar-refractivity contribution in [2.75, 3.05) is 13.1 Å². The third-order valence-corrected chi connectivity index (χ3v) is 4.07. The molecule has 0 aliphatic rings. The maximum atomic E-state index is 10.2. The molecule has 0 saturated heterocycles. The molecule has 1 N–H and O–H groups in total. The van der Waals surface area contributed by atoms with Crippen molar-refractivity contribution in [1.82, 2.24) is 4.90 Å². The molecule has 0 fully saturated rings. The first kappa shape index (κ1) is 16.8. The molecule has 1 unspecified atom stereocenters. The summed E-state index contributed by atoms with van der Waals surface area (Å²) in [5.41, 5.74) is 0.936. The zero-order valence-corrected chi connectivity index (χ0v) is 13.6. The number of hydrogen-bond acceptors (Lipinski definition) is 2. The Morgan fingerprint density at radius 3 is 2.32 bits per heavy atom. The Hall–Kier alpha value is -0.280. The van der Waals surface area contributed by atoms with Crippen LogP contribution in [0.5, 0.6) is 0 Å². The van der Waals surface area contributed by atoms with Gasteiger partial charge >= 0.3 is 0 Å². The molecule has 1 aromatic rings. The van der Waals surface area contributed by atoms with Crippen LogP contribution in [0.15, 0.2) is 18.2 Å². The van der Waals surface area contributed by atoms with Crippen LogP contribution in [0.3, 0.4) is 0 Å². The summed E-state index contributed by atoms with van der Waals surface area (Å²) < 4.78 is 0. The Balaban J connectivity index is 2.64. The van der Waals surface area contributed by atoms with Gasteiger partial charge in [-0.2, -0.15) is 0 Å². The van der Waals surface area contributed by atoms with Crippen molar-refractivity contribution in [1.29, 1.82) is 0 Å². The predicted octanol–water partition coefficient (Wildman–Crippen LogP) is 4.54. The minimum atomic E-state index is -0.508. The first-order chi connectivity index (χ1) is 8.75. The Morgan fingerprint density at radius 1 is 1.21 bits per heavy atom. The van der Waals surface area contributed by atoms with E-state index in [-0.39, 0.29) is 5.54 Å². The molecule has 0 spiro atoms. The Labute approximate surface area is 126 Å². The van der Waals surface area contributed by atoms with E-state index >= 15 is 0 Å². The average molecular weight is 304 g/mol. The molecule has 0 bridgehead atoms. The predicted molar refractivity (Wildman–Crippen MR) is 83.0 cm³/mol.